The minimum atomic E-state index is -0.523. The summed E-state index contributed by atoms with van der Waals surface area (Å²) in [6.45, 7) is 1.84. The van der Waals surface area contributed by atoms with Gasteiger partial charge in [0.1, 0.15) is 23.2 Å². The van der Waals surface area contributed by atoms with E-state index in [0.717, 1.165) is 5.69 Å². The van der Waals surface area contributed by atoms with Crippen LogP contribution in [0.1, 0.15) is 28.5 Å². The second kappa shape index (κ2) is 5.83. The summed E-state index contributed by atoms with van der Waals surface area (Å²) in [5, 5.41) is 25.8. The number of rotatable bonds is 2. The summed E-state index contributed by atoms with van der Waals surface area (Å²) in [6, 6.07) is 15.0. The number of benzene rings is 1. The van der Waals surface area contributed by atoms with Gasteiger partial charge in [-0.3, -0.25) is 5.10 Å². The van der Waals surface area contributed by atoms with E-state index in [-0.39, 0.29) is 11.5 Å². The van der Waals surface area contributed by atoms with Gasteiger partial charge >= 0.3 is 0 Å². The van der Waals surface area contributed by atoms with Crippen molar-refractivity contribution in [1.29, 1.82) is 10.5 Å². The Morgan fingerprint density at radius 1 is 1.15 bits per heavy atom. The van der Waals surface area contributed by atoms with E-state index in [1.54, 1.807) is 24.3 Å². The molecule has 0 saturated heterocycles. The highest BCUT2D eigenvalue weighted by Crippen LogP contribution is 2.43. The number of nitrogens with one attached hydrogen (secondary N) is 1. The number of aromatic amines is 1. The molecule has 1 aliphatic heterocycles. The third-order valence-electron chi connectivity index (χ3n) is 4.35. The zero-order valence-corrected chi connectivity index (χ0v) is 13.8. The summed E-state index contributed by atoms with van der Waals surface area (Å²) in [6.07, 6.45) is 0. The van der Waals surface area contributed by atoms with Crippen molar-refractivity contribution in [1.82, 2.24) is 10.2 Å². The molecule has 0 aliphatic carbocycles. The predicted octanol–water partition coefficient (Wildman–Crippen LogP) is 3.07. The van der Waals surface area contributed by atoms with E-state index in [1.807, 2.05) is 19.1 Å². The van der Waals surface area contributed by atoms with Crippen LogP contribution >= 0.6 is 0 Å². The number of aryl methyl sites for hydroxylation is 1. The van der Waals surface area contributed by atoms with Crippen LogP contribution in [-0.4, -0.2) is 10.2 Å². The van der Waals surface area contributed by atoms with Crippen molar-refractivity contribution in [3.63, 3.8) is 0 Å². The van der Waals surface area contributed by atoms with Gasteiger partial charge in [-0.25, -0.2) is 0 Å². The molecule has 7 nitrogen and oxygen atoms in total. The van der Waals surface area contributed by atoms with Crippen LogP contribution in [0.2, 0.25) is 0 Å². The Balaban J connectivity index is 1.86. The highest BCUT2D eigenvalue weighted by Gasteiger charge is 2.36. The van der Waals surface area contributed by atoms with Crippen molar-refractivity contribution in [2.24, 2.45) is 5.73 Å². The Morgan fingerprint density at radius 2 is 1.96 bits per heavy atom. The minimum Gasteiger partial charge on any atom is -0.460 e. The van der Waals surface area contributed by atoms with Crippen molar-refractivity contribution >= 4 is 0 Å². The summed E-state index contributed by atoms with van der Waals surface area (Å²) in [4.78, 5) is 0. The summed E-state index contributed by atoms with van der Waals surface area (Å²) < 4.78 is 11.5. The van der Waals surface area contributed by atoms with Crippen LogP contribution in [0.25, 0.3) is 11.3 Å². The fourth-order valence-corrected chi connectivity index (χ4v) is 3.13. The molecular weight excluding hydrogens is 330 g/mol. The van der Waals surface area contributed by atoms with Gasteiger partial charge in [0, 0.05) is 11.3 Å². The van der Waals surface area contributed by atoms with E-state index in [2.05, 4.69) is 22.3 Å². The molecule has 0 unspecified atom stereocenters. The zero-order valence-electron chi connectivity index (χ0n) is 13.8. The fourth-order valence-electron chi connectivity index (χ4n) is 3.13. The number of allylic oxidation sites excluding steroid dienone is 1. The molecular formula is C19H13N5O2. The molecule has 0 spiro atoms. The molecule has 3 heterocycles. The number of aromatic nitrogens is 2. The lowest BCUT2D eigenvalue weighted by molar-refractivity contribution is 0.371. The van der Waals surface area contributed by atoms with Gasteiger partial charge in [-0.2, -0.15) is 10.5 Å². The minimum absolute atomic E-state index is 0.00637. The number of ether oxygens (including phenoxy) is 1. The van der Waals surface area contributed by atoms with Gasteiger partial charge in [-0.1, -0.05) is 12.1 Å². The van der Waals surface area contributed by atoms with Gasteiger partial charge < -0.3 is 14.9 Å². The maximum absolute atomic E-state index is 9.57. The van der Waals surface area contributed by atoms with Crippen molar-refractivity contribution in [2.75, 3.05) is 0 Å². The second-order valence-corrected chi connectivity index (χ2v) is 5.85. The first-order valence-corrected chi connectivity index (χ1v) is 7.85. The molecule has 3 N–H and O–H groups in total. The maximum Gasteiger partial charge on any atom is 0.244 e. The van der Waals surface area contributed by atoms with Gasteiger partial charge in [-0.15, -0.1) is 5.10 Å². The van der Waals surface area contributed by atoms with Crippen LogP contribution in [0.15, 0.2) is 52.3 Å². The first kappa shape index (κ1) is 15.6. The van der Waals surface area contributed by atoms with E-state index in [9.17, 15) is 10.5 Å². The Labute approximate surface area is 148 Å². The van der Waals surface area contributed by atoms with Gasteiger partial charge in [0.05, 0.1) is 23.1 Å². The second-order valence-electron chi connectivity index (χ2n) is 5.85. The first-order chi connectivity index (χ1) is 12.6. The first-order valence-electron chi connectivity index (χ1n) is 7.85. The van der Waals surface area contributed by atoms with E-state index in [4.69, 9.17) is 14.9 Å². The van der Waals surface area contributed by atoms with Crippen molar-refractivity contribution in [3.8, 4) is 29.3 Å². The van der Waals surface area contributed by atoms with E-state index < -0.39 is 5.92 Å². The third-order valence-corrected chi connectivity index (χ3v) is 4.35. The molecule has 1 aliphatic rings. The monoisotopic (exact) mass is 343 g/mol. The molecule has 4 rings (SSSR count). The normalized spacial score (nSPS) is 15.7. The fraction of sp³-hybridized carbons (Fsp3) is 0.105. The smallest absolute Gasteiger partial charge is 0.244 e. The van der Waals surface area contributed by atoms with E-state index >= 15 is 0 Å². The molecule has 0 fully saturated rings. The Bertz CT molecular complexity index is 1120. The van der Waals surface area contributed by atoms with Crippen molar-refractivity contribution in [2.45, 2.75) is 12.8 Å². The highest BCUT2D eigenvalue weighted by molar-refractivity contribution is 5.66. The molecule has 26 heavy (non-hydrogen) atoms. The van der Waals surface area contributed by atoms with Crippen LogP contribution in [0.4, 0.5) is 0 Å². The topological polar surface area (TPSA) is 125 Å². The summed E-state index contributed by atoms with van der Waals surface area (Å²) in [7, 11) is 0. The summed E-state index contributed by atoms with van der Waals surface area (Å²) in [5.41, 5.74) is 8.84. The number of nitrogens with zero attached hydrogens (tertiary/aromatic N) is 3. The summed E-state index contributed by atoms with van der Waals surface area (Å²) in [5.74, 6) is 0.889. The van der Waals surface area contributed by atoms with Gasteiger partial charge in [0.15, 0.2) is 0 Å². The molecule has 3 aromatic rings. The highest BCUT2D eigenvalue weighted by atomic mass is 16.5. The Hall–Kier alpha value is -3.97. The lowest BCUT2D eigenvalue weighted by Crippen LogP contribution is -2.20. The molecule has 1 aromatic carbocycles. The Morgan fingerprint density at radius 3 is 2.73 bits per heavy atom. The predicted molar refractivity (Wildman–Crippen MR) is 91.5 cm³/mol. The number of furan rings is 1. The number of H-pyrrole nitrogens is 1. The third kappa shape index (κ3) is 2.23. The number of nitrogens with two attached hydrogens (primary N) is 1. The lowest BCUT2D eigenvalue weighted by atomic mass is 9.88. The quantitative estimate of drug-likeness (QED) is 0.736. The molecule has 1 atom stereocenters. The molecule has 0 radical (unpaired) electrons. The number of nitriles is 2. The van der Waals surface area contributed by atoms with Crippen LogP contribution in [0, 0.1) is 29.6 Å². The number of fused-ring (bicyclic) bond motifs is 1. The molecule has 126 valence electrons. The SMILES string of the molecule is Cc1[nH]nc2c1[C@H](c1ccc(-c3ccccc3C#N)o1)C(C#N)=C(N)O2. The zero-order chi connectivity index (χ0) is 18.3. The van der Waals surface area contributed by atoms with Crippen molar-refractivity contribution in [3.05, 3.63) is 70.4 Å². The molecule has 7 heteroatoms. The van der Waals surface area contributed by atoms with Gasteiger partial charge in [-0.05, 0) is 31.2 Å². The average Bonchev–Trinajstić information content (AvgIpc) is 3.28. The molecule has 2 aromatic heterocycles. The average molecular weight is 343 g/mol. The van der Waals surface area contributed by atoms with Gasteiger partial charge in [0.25, 0.3) is 0 Å². The summed E-state index contributed by atoms with van der Waals surface area (Å²) >= 11 is 0. The van der Waals surface area contributed by atoms with E-state index in [0.29, 0.717) is 34.1 Å². The van der Waals surface area contributed by atoms with Crippen LogP contribution in [-0.2, 0) is 0 Å². The lowest BCUT2D eigenvalue weighted by Gasteiger charge is -2.21. The molecule has 0 saturated carbocycles. The number of hydrogen-bond donors (Lipinski definition) is 2. The maximum atomic E-state index is 9.57. The Kier molecular flexibility index (Phi) is 3.49. The van der Waals surface area contributed by atoms with Gasteiger partial charge in [0.2, 0.25) is 11.8 Å². The largest absolute Gasteiger partial charge is 0.460 e. The van der Waals surface area contributed by atoms with Crippen LogP contribution < -0.4 is 10.5 Å². The van der Waals surface area contributed by atoms with Crippen LogP contribution in [0.5, 0.6) is 5.88 Å². The molecule has 0 amide bonds. The van der Waals surface area contributed by atoms with Crippen molar-refractivity contribution < 1.29 is 9.15 Å². The van der Waals surface area contributed by atoms with Crippen LogP contribution in [0.3, 0.4) is 0 Å². The standard InChI is InChI=1S/C19H13N5O2/c1-10-16-17(13(9-21)18(22)26-19(16)24-23-10)15-7-6-14(25-15)12-5-3-2-4-11(12)8-20/h2-7,17H,22H2,1H3,(H,23,24)/t17-/m0/s1. The number of hydrogen-bond acceptors (Lipinski definition) is 6. The molecule has 0 bridgehead atoms. The van der Waals surface area contributed by atoms with E-state index in [1.165, 1.54) is 0 Å².